The fourth-order valence-electron chi connectivity index (χ4n) is 2.56. The number of hydrogen-bond acceptors (Lipinski definition) is 6. The molecule has 4 rings (SSSR count). The minimum Gasteiger partial charge on any atom is -0.493 e. The highest BCUT2D eigenvalue weighted by Crippen LogP contribution is 2.27. The number of aromatic hydroxyl groups is 1. The summed E-state index contributed by atoms with van der Waals surface area (Å²) < 4.78 is 33.4. The van der Waals surface area contributed by atoms with Crippen molar-refractivity contribution in [3.8, 4) is 11.6 Å². The molecule has 1 N–H and O–H groups in total. The Morgan fingerprint density at radius 3 is 2.84 bits per heavy atom. The molecule has 0 radical (unpaired) electrons. The first-order valence-electron chi connectivity index (χ1n) is 7.33. The summed E-state index contributed by atoms with van der Waals surface area (Å²) in [6.45, 7) is 0.413. The lowest BCUT2D eigenvalue weighted by atomic mass is 10.3. The van der Waals surface area contributed by atoms with Crippen LogP contribution in [0.15, 0.2) is 24.4 Å². The summed E-state index contributed by atoms with van der Waals surface area (Å²) in [5.41, 5.74) is 0.0426. The van der Waals surface area contributed by atoms with Gasteiger partial charge in [0, 0.05) is 6.07 Å². The second kappa shape index (κ2) is 5.74. The van der Waals surface area contributed by atoms with E-state index >= 15 is 0 Å². The quantitative estimate of drug-likeness (QED) is 0.748. The SMILES string of the molecule is O=C1COCCN1c1nc(O)c2cnn(-c3ccc(F)cc3F)c2n1. The van der Waals surface area contributed by atoms with E-state index in [9.17, 15) is 18.7 Å². The Bertz CT molecular complexity index is 991. The fourth-order valence-corrected chi connectivity index (χ4v) is 2.56. The molecule has 8 nitrogen and oxygen atoms in total. The van der Waals surface area contributed by atoms with Crippen LogP contribution in [0.3, 0.4) is 0 Å². The second-order valence-corrected chi connectivity index (χ2v) is 5.33. The molecule has 25 heavy (non-hydrogen) atoms. The van der Waals surface area contributed by atoms with E-state index < -0.39 is 17.5 Å². The minimum atomic E-state index is -0.841. The summed E-state index contributed by atoms with van der Waals surface area (Å²) in [4.78, 5) is 21.3. The number of amides is 1. The molecule has 10 heteroatoms. The van der Waals surface area contributed by atoms with Gasteiger partial charge in [0.05, 0.1) is 19.3 Å². The van der Waals surface area contributed by atoms with Crippen molar-refractivity contribution in [1.29, 1.82) is 0 Å². The molecule has 0 saturated carbocycles. The van der Waals surface area contributed by atoms with E-state index in [-0.39, 0.29) is 41.7 Å². The molecular formula is C15H11F2N5O3. The number of nitrogens with zero attached hydrogens (tertiary/aromatic N) is 5. The molecule has 0 unspecified atom stereocenters. The van der Waals surface area contributed by atoms with Crippen LogP contribution in [0.2, 0.25) is 0 Å². The van der Waals surface area contributed by atoms with Crippen LogP contribution in [-0.4, -0.2) is 50.5 Å². The molecule has 0 atom stereocenters. The fraction of sp³-hybridized carbons (Fsp3) is 0.200. The van der Waals surface area contributed by atoms with E-state index in [0.29, 0.717) is 6.61 Å². The zero-order valence-electron chi connectivity index (χ0n) is 12.7. The Kier molecular flexibility index (Phi) is 3.53. The predicted octanol–water partition coefficient (Wildman–Crippen LogP) is 1.16. The molecule has 2 aromatic heterocycles. The summed E-state index contributed by atoms with van der Waals surface area (Å²) in [5.74, 6) is -2.36. The Morgan fingerprint density at radius 1 is 1.24 bits per heavy atom. The molecule has 1 aliphatic heterocycles. The van der Waals surface area contributed by atoms with Crippen LogP contribution in [0.4, 0.5) is 14.7 Å². The number of ether oxygens (including phenoxy) is 1. The number of rotatable bonds is 2. The molecule has 0 aliphatic carbocycles. The smallest absolute Gasteiger partial charge is 0.255 e. The van der Waals surface area contributed by atoms with E-state index in [1.54, 1.807) is 0 Å². The predicted molar refractivity (Wildman–Crippen MR) is 81.4 cm³/mol. The van der Waals surface area contributed by atoms with E-state index in [4.69, 9.17) is 4.74 Å². The first-order chi connectivity index (χ1) is 12.0. The van der Waals surface area contributed by atoms with Crippen LogP contribution in [0.1, 0.15) is 0 Å². The normalized spacial score (nSPS) is 15.1. The summed E-state index contributed by atoms with van der Waals surface area (Å²) >= 11 is 0. The summed E-state index contributed by atoms with van der Waals surface area (Å²) in [6.07, 6.45) is 1.26. The maximum atomic E-state index is 14.1. The Morgan fingerprint density at radius 2 is 2.08 bits per heavy atom. The lowest BCUT2D eigenvalue weighted by Crippen LogP contribution is -2.42. The maximum Gasteiger partial charge on any atom is 0.255 e. The molecule has 0 spiro atoms. The van der Waals surface area contributed by atoms with Gasteiger partial charge >= 0.3 is 0 Å². The molecule has 1 aliphatic rings. The van der Waals surface area contributed by atoms with Crippen molar-refractivity contribution in [3.05, 3.63) is 36.0 Å². The summed E-state index contributed by atoms with van der Waals surface area (Å²) in [5, 5.41) is 14.3. The molecule has 1 saturated heterocycles. The topological polar surface area (TPSA) is 93.4 Å². The second-order valence-electron chi connectivity index (χ2n) is 5.33. The van der Waals surface area contributed by atoms with Gasteiger partial charge in [-0.05, 0) is 12.1 Å². The number of carbonyl (C=O) groups is 1. The third-order valence-electron chi connectivity index (χ3n) is 3.76. The van der Waals surface area contributed by atoms with Gasteiger partial charge in [-0.15, -0.1) is 0 Å². The molecule has 1 amide bonds. The first-order valence-corrected chi connectivity index (χ1v) is 7.33. The molecule has 1 fully saturated rings. The van der Waals surface area contributed by atoms with Gasteiger partial charge < -0.3 is 9.84 Å². The number of aromatic nitrogens is 4. The molecule has 0 bridgehead atoms. The highest BCUT2D eigenvalue weighted by atomic mass is 19.1. The Labute approximate surface area is 139 Å². The van der Waals surface area contributed by atoms with E-state index in [0.717, 1.165) is 16.8 Å². The van der Waals surface area contributed by atoms with Gasteiger partial charge in [-0.3, -0.25) is 9.69 Å². The number of carbonyl (C=O) groups excluding carboxylic acids is 1. The zero-order chi connectivity index (χ0) is 17.6. The summed E-state index contributed by atoms with van der Waals surface area (Å²) in [6, 6.07) is 3.01. The lowest BCUT2D eigenvalue weighted by Gasteiger charge is -2.24. The van der Waals surface area contributed by atoms with Crippen LogP contribution in [-0.2, 0) is 9.53 Å². The number of hydrogen-bond donors (Lipinski definition) is 1. The highest BCUT2D eigenvalue weighted by Gasteiger charge is 2.25. The first kappa shape index (κ1) is 15.4. The highest BCUT2D eigenvalue weighted by molar-refractivity contribution is 5.94. The van der Waals surface area contributed by atoms with Crippen LogP contribution < -0.4 is 4.90 Å². The third-order valence-corrected chi connectivity index (χ3v) is 3.76. The van der Waals surface area contributed by atoms with Crippen LogP contribution in [0.5, 0.6) is 5.88 Å². The number of benzene rings is 1. The van der Waals surface area contributed by atoms with Crippen molar-refractivity contribution in [2.45, 2.75) is 0 Å². The molecular weight excluding hydrogens is 336 g/mol. The van der Waals surface area contributed by atoms with Gasteiger partial charge in [0.25, 0.3) is 5.91 Å². The van der Waals surface area contributed by atoms with Crippen molar-refractivity contribution in [1.82, 2.24) is 19.7 Å². The average Bonchev–Trinajstić information content (AvgIpc) is 2.99. The molecule has 3 heterocycles. The van der Waals surface area contributed by atoms with Gasteiger partial charge in [-0.2, -0.15) is 15.1 Å². The average molecular weight is 347 g/mol. The number of fused-ring (bicyclic) bond motifs is 1. The van der Waals surface area contributed by atoms with Crippen molar-refractivity contribution in [2.24, 2.45) is 0 Å². The van der Waals surface area contributed by atoms with Gasteiger partial charge in [-0.25, -0.2) is 13.5 Å². The Balaban J connectivity index is 1.88. The molecule has 128 valence electrons. The van der Waals surface area contributed by atoms with E-state index in [1.807, 2.05) is 0 Å². The summed E-state index contributed by atoms with van der Waals surface area (Å²) in [7, 11) is 0. The third kappa shape index (κ3) is 2.56. The van der Waals surface area contributed by atoms with Crippen molar-refractivity contribution in [2.75, 3.05) is 24.7 Å². The molecule has 3 aromatic rings. The van der Waals surface area contributed by atoms with Crippen LogP contribution in [0, 0.1) is 11.6 Å². The zero-order valence-corrected chi connectivity index (χ0v) is 12.7. The van der Waals surface area contributed by atoms with Crippen LogP contribution in [0.25, 0.3) is 16.7 Å². The number of morpholine rings is 1. The number of halogens is 2. The van der Waals surface area contributed by atoms with Crippen molar-refractivity contribution < 1.29 is 23.4 Å². The maximum absolute atomic E-state index is 14.1. The van der Waals surface area contributed by atoms with Crippen LogP contribution >= 0.6 is 0 Å². The molecule has 1 aromatic carbocycles. The monoisotopic (exact) mass is 347 g/mol. The van der Waals surface area contributed by atoms with Crippen molar-refractivity contribution in [3.63, 3.8) is 0 Å². The lowest BCUT2D eigenvalue weighted by molar-refractivity contribution is -0.125. The largest absolute Gasteiger partial charge is 0.493 e. The minimum absolute atomic E-state index is 0.0393. The Hall–Kier alpha value is -3.14. The van der Waals surface area contributed by atoms with Gasteiger partial charge in [0.1, 0.15) is 23.5 Å². The van der Waals surface area contributed by atoms with Gasteiger partial charge in [0.15, 0.2) is 11.5 Å². The van der Waals surface area contributed by atoms with Crippen molar-refractivity contribution >= 4 is 22.9 Å². The van der Waals surface area contributed by atoms with E-state index in [2.05, 4.69) is 15.1 Å². The van der Waals surface area contributed by atoms with Gasteiger partial charge in [-0.1, -0.05) is 0 Å². The number of anilines is 1. The van der Waals surface area contributed by atoms with E-state index in [1.165, 1.54) is 17.2 Å². The standard InChI is InChI=1S/C15H11F2N5O3/c16-8-1-2-11(10(17)5-8)22-13-9(6-18-22)14(24)20-15(19-13)21-3-4-25-7-12(21)23/h1-2,5-6H,3-4,7H2,(H,19,20,24). The van der Waals surface area contributed by atoms with Gasteiger partial charge in [0.2, 0.25) is 11.8 Å².